The van der Waals surface area contributed by atoms with Crippen molar-refractivity contribution in [3.05, 3.63) is 29.1 Å². The number of nitrogen functional groups attached to an aromatic ring is 1. The van der Waals surface area contributed by atoms with Crippen LogP contribution in [0.4, 0.5) is 5.69 Å². The molecule has 19 heavy (non-hydrogen) atoms. The summed E-state index contributed by atoms with van der Waals surface area (Å²) in [6.45, 7) is 1.59. The van der Waals surface area contributed by atoms with Crippen molar-refractivity contribution in [3.63, 3.8) is 0 Å². The normalized spacial score (nSPS) is 11.2. The van der Waals surface area contributed by atoms with E-state index in [0.717, 1.165) is 33.7 Å². The standard InChI is InChI=1S/C14H19N3OS/c1-16(2)6-7-17(3)14(18)13-9-10-8-11(15)4-5-12(10)19-13/h4-5,8-9H,6-7,15H2,1-3H3. The Morgan fingerprint density at radius 1 is 1.21 bits per heavy atom. The highest BCUT2D eigenvalue weighted by molar-refractivity contribution is 7.20. The minimum atomic E-state index is 0.0709. The predicted molar refractivity (Wildman–Crippen MR) is 81.8 cm³/mol. The fraction of sp³-hybridized carbons (Fsp3) is 0.357. The number of carbonyl (C=O) groups excluding carboxylic acids is 1. The van der Waals surface area contributed by atoms with E-state index in [1.807, 2.05) is 45.4 Å². The molecule has 0 aliphatic carbocycles. The van der Waals surface area contributed by atoms with Crippen LogP contribution >= 0.6 is 11.3 Å². The van der Waals surface area contributed by atoms with E-state index in [0.29, 0.717) is 0 Å². The number of carbonyl (C=O) groups is 1. The van der Waals surface area contributed by atoms with Crippen molar-refractivity contribution < 1.29 is 4.79 Å². The lowest BCUT2D eigenvalue weighted by atomic mass is 10.2. The molecule has 0 atom stereocenters. The van der Waals surface area contributed by atoms with Crippen LogP contribution in [0.2, 0.25) is 0 Å². The Morgan fingerprint density at radius 3 is 2.63 bits per heavy atom. The van der Waals surface area contributed by atoms with Crippen LogP contribution in [-0.2, 0) is 0 Å². The molecule has 102 valence electrons. The quantitative estimate of drug-likeness (QED) is 0.871. The second-order valence-electron chi connectivity index (χ2n) is 4.94. The minimum absolute atomic E-state index is 0.0709. The molecule has 0 aliphatic heterocycles. The lowest BCUT2D eigenvalue weighted by Gasteiger charge is -2.18. The van der Waals surface area contributed by atoms with Gasteiger partial charge in [-0.2, -0.15) is 0 Å². The number of nitrogens with zero attached hydrogens (tertiary/aromatic N) is 2. The molecule has 0 radical (unpaired) electrons. The monoisotopic (exact) mass is 277 g/mol. The molecule has 0 aliphatic rings. The van der Waals surface area contributed by atoms with E-state index in [2.05, 4.69) is 4.90 Å². The van der Waals surface area contributed by atoms with E-state index < -0.39 is 0 Å². The molecule has 2 rings (SSSR count). The third-order valence-electron chi connectivity index (χ3n) is 2.98. The second-order valence-corrected chi connectivity index (χ2v) is 6.02. The van der Waals surface area contributed by atoms with E-state index in [-0.39, 0.29) is 5.91 Å². The van der Waals surface area contributed by atoms with Gasteiger partial charge in [0.25, 0.3) is 5.91 Å². The van der Waals surface area contributed by atoms with Crippen molar-refractivity contribution in [1.29, 1.82) is 0 Å². The van der Waals surface area contributed by atoms with Crippen molar-refractivity contribution in [1.82, 2.24) is 9.80 Å². The Bertz CT molecular complexity index is 591. The van der Waals surface area contributed by atoms with Crippen LogP contribution in [0.15, 0.2) is 24.3 Å². The number of hydrogen-bond donors (Lipinski definition) is 1. The molecule has 1 heterocycles. The smallest absolute Gasteiger partial charge is 0.263 e. The molecule has 2 N–H and O–H groups in total. The Kier molecular flexibility index (Phi) is 4.07. The van der Waals surface area contributed by atoms with Crippen molar-refractivity contribution in [2.24, 2.45) is 0 Å². The second kappa shape index (κ2) is 5.59. The number of benzene rings is 1. The highest BCUT2D eigenvalue weighted by Gasteiger charge is 2.14. The van der Waals surface area contributed by atoms with Crippen LogP contribution in [0, 0.1) is 0 Å². The number of amides is 1. The fourth-order valence-electron chi connectivity index (χ4n) is 1.81. The Morgan fingerprint density at radius 2 is 1.95 bits per heavy atom. The van der Waals surface area contributed by atoms with Crippen LogP contribution in [0.25, 0.3) is 10.1 Å². The third kappa shape index (κ3) is 3.24. The molecule has 1 amide bonds. The van der Waals surface area contributed by atoms with E-state index >= 15 is 0 Å². The van der Waals surface area contributed by atoms with Gasteiger partial charge in [0.15, 0.2) is 0 Å². The van der Waals surface area contributed by atoms with Crippen LogP contribution in [0.1, 0.15) is 9.67 Å². The van der Waals surface area contributed by atoms with Gasteiger partial charge < -0.3 is 15.5 Å². The van der Waals surface area contributed by atoms with Gasteiger partial charge in [-0.05, 0) is 43.7 Å². The van der Waals surface area contributed by atoms with Gasteiger partial charge in [-0.25, -0.2) is 0 Å². The topological polar surface area (TPSA) is 49.6 Å². The average Bonchev–Trinajstić information content (AvgIpc) is 2.77. The summed E-state index contributed by atoms with van der Waals surface area (Å²) >= 11 is 1.52. The van der Waals surface area contributed by atoms with Gasteiger partial charge in [0.05, 0.1) is 4.88 Å². The van der Waals surface area contributed by atoms with Crippen molar-refractivity contribution in [2.75, 3.05) is 40.0 Å². The Hall–Kier alpha value is -1.59. The molecule has 2 aromatic rings. The van der Waals surface area contributed by atoms with Gasteiger partial charge in [0.2, 0.25) is 0 Å². The number of anilines is 1. The molecular formula is C14H19N3OS. The molecule has 0 fully saturated rings. The third-order valence-corrected chi connectivity index (χ3v) is 4.08. The summed E-state index contributed by atoms with van der Waals surface area (Å²) in [6, 6.07) is 7.65. The first kappa shape index (κ1) is 13.8. The minimum Gasteiger partial charge on any atom is -0.399 e. The summed E-state index contributed by atoms with van der Waals surface area (Å²) in [4.78, 5) is 16.9. The largest absolute Gasteiger partial charge is 0.399 e. The van der Waals surface area contributed by atoms with Crippen LogP contribution in [0.3, 0.4) is 0 Å². The molecule has 5 heteroatoms. The van der Waals surface area contributed by atoms with E-state index in [9.17, 15) is 4.79 Å². The molecule has 4 nitrogen and oxygen atoms in total. The van der Waals surface area contributed by atoms with Crippen molar-refractivity contribution >= 4 is 33.0 Å². The van der Waals surface area contributed by atoms with Gasteiger partial charge in [-0.15, -0.1) is 11.3 Å². The summed E-state index contributed by atoms with van der Waals surface area (Å²) in [5.74, 6) is 0.0709. The summed E-state index contributed by atoms with van der Waals surface area (Å²) in [5, 5.41) is 1.04. The summed E-state index contributed by atoms with van der Waals surface area (Å²) < 4.78 is 1.10. The first-order valence-corrected chi connectivity index (χ1v) is 6.98. The summed E-state index contributed by atoms with van der Waals surface area (Å²) in [5.41, 5.74) is 6.48. The molecule has 0 saturated heterocycles. The number of rotatable bonds is 4. The van der Waals surface area contributed by atoms with Crippen LogP contribution in [-0.4, -0.2) is 49.9 Å². The van der Waals surface area contributed by atoms with Crippen molar-refractivity contribution in [2.45, 2.75) is 0 Å². The molecular weight excluding hydrogens is 258 g/mol. The summed E-state index contributed by atoms with van der Waals surface area (Å²) in [6.07, 6.45) is 0. The zero-order chi connectivity index (χ0) is 14.0. The van der Waals surface area contributed by atoms with Crippen LogP contribution in [0.5, 0.6) is 0 Å². The van der Waals surface area contributed by atoms with E-state index in [1.54, 1.807) is 4.90 Å². The maximum Gasteiger partial charge on any atom is 0.263 e. The van der Waals surface area contributed by atoms with Gasteiger partial charge in [-0.1, -0.05) is 0 Å². The molecule has 0 saturated carbocycles. The number of likely N-dealkylation sites (N-methyl/N-ethyl adjacent to an activating group) is 2. The SMILES string of the molecule is CN(C)CCN(C)C(=O)c1cc2cc(N)ccc2s1. The molecule has 0 bridgehead atoms. The highest BCUT2D eigenvalue weighted by Crippen LogP contribution is 2.27. The zero-order valence-corrected chi connectivity index (χ0v) is 12.3. The number of nitrogens with two attached hydrogens (primary N) is 1. The van der Waals surface area contributed by atoms with Gasteiger partial charge in [0, 0.05) is 30.5 Å². The van der Waals surface area contributed by atoms with Gasteiger partial charge in [-0.3, -0.25) is 4.79 Å². The average molecular weight is 277 g/mol. The first-order chi connectivity index (χ1) is 8.97. The lowest BCUT2D eigenvalue weighted by Crippen LogP contribution is -2.33. The van der Waals surface area contributed by atoms with Gasteiger partial charge in [0.1, 0.15) is 0 Å². The molecule has 0 spiro atoms. The lowest BCUT2D eigenvalue weighted by molar-refractivity contribution is 0.0791. The molecule has 0 unspecified atom stereocenters. The number of fused-ring (bicyclic) bond motifs is 1. The molecule has 1 aromatic carbocycles. The van der Waals surface area contributed by atoms with Crippen LogP contribution < -0.4 is 5.73 Å². The Balaban J connectivity index is 2.16. The zero-order valence-electron chi connectivity index (χ0n) is 11.5. The number of hydrogen-bond acceptors (Lipinski definition) is 4. The highest BCUT2D eigenvalue weighted by atomic mass is 32.1. The number of thiophene rings is 1. The fourth-order valence-corrected chi connectivity index (χ4v) is 2.84. The van der Waals surface area contributed by atoms with Gasteiger partial charge >= 0.3 is 0 Å². The van der Waals surface area contributed by atoms with E-state index in [1.165, 1.54) is 11.3 Å². The maximum atomic E-state index is 12.3. The van der Waals surface area contributed by atoms with E-state index in [4.69, 9.17) is 5.73 Å². The van der Waals surface area contributed by atoms with Crippen molar-refractivity contribution in [3.8, 4) is 0 Å². The summed E-state index contributed by atoms with van der Waals surface area (Å²) in [7, 11) is 5.84. The first-order valence-electron chi connectivity index (χ1n) is 6.16. The molecule has 1 aromatic heterocycles. The Labute approximate surface area is 117 Å². The maximum absolute atomic E-state index is 12.3. The predicted octanol–water partition coefficient (Wildman–Crippen LogP) is 2.12.